The molecule has 4 rings (SSSR count). The SMILES string of the molecule is C#CC(=O)CC1CC2CSC(NC(=O)c3ccccc3)=NC2(c2ccc(F)cc2F)CO1. The standard InChI is InChI=1S/C24H20F2N2O3S/c1-2-18(29)12-19-10-16-13-32-23(27-22(30)15-6-4-3-5-7-15)28-24(16,14-31-19)20-9-8-17(25)11-21(20)26/h1,3-9,11,16,19H,10,12-14H2,(H,27,28,30). The van der Waals surface area contributed by atoms with Crippen LogP contribution in [-0.2, 0) is 15.1 Å². The van der Waals surface area contributed by atoms with E-state index < -0.39 is 23.3 Å². The minimum absolute atomic E-state index is 0.0198. The topological polar surface area (TPSA) is 67.8 Å². The predicted octanol–water partition coefficient (Wildman–Crippen LogP) is 3.69. The maximum absolute atomic E-state index is 14.9. The Kier molecular flexibility index (Phi) is 6.40. The zero-order chi connectivity index (χ0) is 22.7. The van der Waals surface area contributed by atoms with E-state index in [1.807, 2.05) is 0 Å². The van der Waals surface area contributed by atoms with E-state index in [0.717, 1.165) is 6.07 Å². The van der Waals surface area contributed by atoms with Gasteiger partial charge in [-0.25, -0.2) is 13.8 Å². The molecule has 0 aliphatic carbocycles. The number of aliphatic imine (C=N–C) groups is 1. The molecule has 5 nitrogen and oxygen atoms in total. The third-order valence-corrected chi connectivity index (χ3v) is 6.75. The number of thioether (sulfide) groups is 1. The zero-order valence-electron chi connectivity index (χ0n) is 17.0. The fraction of sp³-hybridized carbons (Fsp3) is 0.292. The second kappa shape index (κ2) is 9.23. The monoisotopic (exact) mass is 454 g/mol. The number of hydrogen-bond acceptors (Lipinski definition) is 5. The number of nitrogens with one attached hydrogen (secondary N) is 1. The summed E-state index contributed by atoms with van der Waals surface area (Å²) in [6.45, 7) is -0.0198. The highest BCUT2D eigenvalue weighted by molar-refractivity contribution is 8.13. The lowest BCUT2D eigenvalue weighted by Gasteiger charge is -2.46. The number of carbonyl (C=O) groups excluding carboxylic acids is 2. The van der Waals surface area contributed by atoms with E-state index in [4.69, 9.17) is 16.2 Å². The maximum atomic E-state index is 14.9. The quantitative estimate of drug-likeness (QED) is 0.565. The number of hydrogen-bond donors (Lipinski definition) is 1. The van der Waals surface area contributed by atoms with E-state index in [9.17, 15) is 18.4 Å². The van der Waals surface area contributed by atoms with Crippen molar-refractivity contribution < 1.29 is 23.1 Å². The molecule has 1 saturated heterocycles. The molecule has 2 aliphatic heterocycles. The number of benzene rings is 2. The van der Waals surface area contributed by atoms with Crippen LogP contribution >= 0.6 is 11.8 Å². The van der Waals surface area contributed by atoms with Crippen LogP contribution in [0.25, 0.3) is 0 Å². The molecule has 1 amide bonds. The van der Waals surface area contributed by atoms with Crippen LogP contribution < -0.4 is 5.32 Å². The van der Waals surface area contributed by atoms with Gasteiger partial charge < -0.3 is 10.1 Å². The van der Waals surface area contributed by atoms with Crippen LogP contribution in [-0.4, -0.2) is 35.3 Å². The van der Waals surface area contributed by atoms with Crippen molar-refractivity contribution in [3.63, 3.8) is 0 Å². The highest BCUT2D eigenvalue weighted by Crippen LogP contribution is 2.47. The van der Waals surface area contributed by atoms with Crippen LogP contribution in [0.15, 0.2) is 53.5 Å². The van der Waals surface area contributed by atoms with Gasteiger partial charge in [0.15, 0.2) is 5.17 Å². The summed E-state index contributed by atoms with van der Waals surface area (Å²) < 4.78 is 34.4. The molecule has 2 aromatic carbocycles. The number of fused-ring (bicyclic) bond motifs is 1. The molecule has 0 spiro atoms. The first kappa shape index (κ1) is 22.2. The summed E-state index contributed by atoms with van der Waals surface area (Å²) in [5.41, 5.74) is -0.497. The van der Waals surface area contributed by atoms with E-state index in [1.165, 1.54) is 23.9 Å². The summed E-state index contributed by atoms with van der Waals surface area (Å²) in [4.78, 5) is 29.0. The van der Waals surface area contributed by atoms with Gasteiger partial charge in [0.1, 0.15) is 17.2 Å². The van der Waals surface area contributed by atoms with Crippen molar-refractivity contribution in [2.75, 3.05) is 12.4 Å². The summed E-state index contributed by atoms with van der Waals surface area (Å²) in [5, 5.41) is 3.12. The average Bonchev–Trinajstić information content (AvgIpc) is 2.79. The fourth-order valence-electron chi connectivity index (χ4n) is 4.09. The Bertz CT molecular complexity index is 1120. The summed E-state index contributed by atoms with van der Waals surface area (Å²) >= 11 is 1.34. The molecule has 32 heavy (non-hydrogen) atoms. The van der Waals surface area contributed by atoms with E-state index >= 15 is 0 Å². The molecule has 1 fully saturated rings. The molecule has 1 N–H and O–H groups in total. The number of terminal acetylenes is 1. The molecule has 0 radical (unpaired) electrons. The molecule has 2 aliphatic rings. The van der Waals surface area contributed by atoms with Gasteiger partial charge in [-0.2, -0.15) is 0 Å². The van der Waals surface area contributed by atoms with E-state index in [0.29, 0.717) is 22.9 Å². The highest BCUT2D eigenvalue weighted by Gasteiger charge is 2.50. The maximum Gasteiger partial charge on any atom is 0.257 e. The summed E-state index contributed by atoms with van der Waals surface area (Å²) in [7, 11) is 0. The molecular formula is C24H20F2N2O3S. The first-order chi connectivity index (χ1) is 15.4. The Balaban J connectivity index is 1.67. The predicted molar refractivity (Wildman–Crippen MR) is 118 cm³/mol. The minimum Gasteiger partial charge on any atom is -0.375 e. The lowest BCUT2D eigenvalue weighted by Crippen LogP contribution is -2.51. The normalized spacial score (nSPS) is 24.6. The number of ketones is 1. The zero-order valence-corrected chi connectivity index (χ0v) is 17.8. The number of amides is 1. The van der Waals surface area contributed by atoms with Crippen molar-refractivity contribution >= 4 is 28.6 Å². The van der Waals surface area contributed by atoms with Crippen LogP contribution in [0.5, 0.6) is 0 Å². The summed E-state index contributed by atoms with van der Waals surface area (Å²) in [5.74, 6) is 0.267. The number of rotatable bonds is 4. The number of nitrogens with zero attached hydrogens (tertiary/aromatic N) is 1. The molecule has 2 aromatic rings. The number of Topliss-reactive ketones (excluding diaryl/α,β-unsaturated/α-hetero) is 1. The summed E-state index contributed by atoms with van der Waals surface area (Å²) in [6.07, 6.45) is 5.27. The van der Waals surface area contributed by atoms with Gasteiger partial charge in [0.2, 0.25) is 5.78 Å². The molecule has 0 bridgehead atoms. The number of halogens is 2. The molecule has 0 aromatic heterocycles. The number of ether oxygens (including phenoxy) is 1. The molecule has 164 valence electrons. The Labute approximate surface area is 188 Å². The van der Waals surface area contributed by atoms with Crippen molar-refractivity contribution in [3.05, 3.63) is 71.3 Å². The molecule has 3 unspecified atom stereocenters. The van der Waals surface area contributed by atoms with E-state index in [-0.39, 0.29) is 36.2 Å². The molecule has 8 heteroatoms. The lowest BCUT2D eigenvalue weighted by atomic mass is 9.74. The second-order valence-corrected chi connectivity index (χ2v) is 8.74. The van der Waals surface area contributed by atoms with Gasteiger partial charge in [0.05, 0.1) is 12.7 Å². The Morgan fingerprint density at radius 2 is 2.03 bits per heavy atom. The fourth-order valence-corrected chi connectivity index (χ4v) is 5.26. The van der Waals surface area contributed by atoms with Gasteiger partial charge in [-0.3, -0.25) is 9.59 Å². The minimum atomic E-state index is -1.15. The third kappa shape index (κ3) is 4.45. The van der Waals surface area contributed by atoms with Gasteiger partial charge in [0, 0.05) is 35.3 Å². The Morgan fingerprint density at radius 3 is 2.75 bits per heavy atom. The van der Waals surface area contributed by atoms with Gasteiger partial charge in [-0.15, -0.1) is 6.42 Å². The molecule has 2 heterocycles. The highest BCUT2D eigenvalue weighted by atomic mass is 32.2. The van der Waals surface area contributed by atoms with Gasteiger partial charge >= 0.3 is 0 Å². The van der Waals surface area contributed by atoms with Crippen molar-refractivity contribution in [1.29, 1.82) is 0 Å². The molecule has 3 atom stereocenters. The largest absolute Gasteiger partial charge is 0.375 e. The Hall–Kier alpha value is -3.02. The van der Waals surface area contributed by atoms with Crippen molar-refractivity contribution in [2.45, 2.75) is 24.5 Å². The summed E-state index contributed by atoms with van der Waals surface area (Å²) in [6, 6.07) is 12.0. The smallest absolute Gasteiger partial charge is 0.257 e. The van der Waals surface area contributed by atoms with Crippen molar-refractivity contribution in [2.24, 2.45) is 10.9 Å². The van der Waals surface area contributed by atoms with Crippen LogP contribution in [0.3, 0.4) is 0 Å². The van der Waals surface area contributed by atoms with Gasteiger partial charge in [-0.1, -0.05) is 36.0 Å². The second-order valence-electron chi connectivity index (χ2n) is 7.73. The van der Waals surface area contributed by atoms with Gasteiger partial charge in [0.25, 0.3) is 5.91 Å². The molecular weight excluding hydrogens is 434 g/mol. The van der Waals surface area contributed by atoms with Crippen LogP contribution in [0, 0.1) is 29.9 Å². The first-order valence-electron chi connectivity index (χ1n) is 10.1. The van der Waals surface area contributed by atoms with Crippen LogP contribution in [0.1, 0.15) is 28.8 Å². The number of carbonyl (C=O) groups is 2. The van der Waals surface area contributed by atoms with Gasteiger partial charge in [-0.05, 0) is 30.5 Å². The lowest BCUT2D eigenvalue weighted by molar-refractivity contribution is -0.120. The molecule has 0 saturated carbocycles. The van der Waals surface area contributed by atoms with E-state index in [1.54, 1.807) is 30.3 Å². The third-order valence-electron chi connectivity index (χ3n) is 5.71. The van der Waals surface area contributed by atoms with Crippen molar-refractivity contribution in [3.8, 4) is 12.3 Å². The average molecular weight is 454 g/mol. The number of amidine groups is 1. The Morgan fingerprint density at radius 1 is 1.25 bits per heavy atom. The van der Waals surface area contributed by atoms with Crippen molar-refractivity contribution in [1.82, 2.24) is 5.32 Å². The van der Waals surface area contributed by atoms with Crippen LogP contribution in [0.2, 0.25) is 0 Å². The van der Waals surface area contributed by atoms with E-state index in [2.05, 4.69) is 11.2 Å². The van der Waals surface area contributed by atoms with Crippen LogP contribution in [0.4, 0.5) is 8.78 Å². The first-order valence-corrected chi connectivity index (χ1v) is 11.1.